The summed E-state index contributed by atoms with van der Waals surface area (Å²) in [4.78, 5) is 41.1. The number of aryl methyl sites for hydroxylation is 1. The van der Waals surface area contributed by atoms with Gasteiger partial charge in [0.2, 0.25) is 5.88 Å². The van der Waals surface area contributed by atoms with E-state index in [1.807, 2.05) is 60.0 Å². The van der Waals surface area contributed by atoms with Crippen molar-refractivity contribution in [3.05, 3.63) is 77.7 Å². The van der Waals surface area contributed by atoms with Crippen molar-refractivity contribution in [1.29, 1.82) is 0 Å². The van der Waals surface area contributed by atoms with Gasteiger partial charge in [-0.1, -0.05) is 68.0 Å². The molecule has 3 N–H and O–H groups in total. The van der Waals surface area contributed by atoms with E-state index in [1.165, 1.54) is 0 Å². The Morgan fingerprint density at radius 2 is 1.94 bits per heavy atom. The summed E-state index contributed by atoms with van der Waals surface area (Å²) in [6.45, 7) is 1.35. The third-order valence-corrected chi connectivity index (χ3v) is 6.27. The molecule has 1 atom stereocenters. The molecule has 0 radical (unpaired) electrons. The number of Topliss-reactive ketones (excluding diaryl/α,β-unsaturated/α-hetero) is 1. The highest BCUT2D eigenvalue weighted by Crippen LogP contribution is 2.35. The Bertz CT molecular complexity index is 1350. The molecule has 1 aromatic carbocycles. The number of rotatable bonds is 11. The Balaban J connectivity index is 1.97. The van der Waals surface area contributed by atoms with Gasteiger partial charge in [0.1, 0.15) is 5.52 Å². The number of allylic oxidation sites excluding steroid dienone is 4. The maximum absolute atomic E-state index is 13.1. The van der Waals surface area contributed by atoms with E-state index in [2.05, 4.69) is 17.1 Å². The minimum Gasteiger partial charge on any atom is -0.479 e. The molecule has 186 valence electrons. The van der Waals surface area contributed by atoms with Gasteiger partial charge in [-0.25, -0.2) is 9.78 Å². The Morgan fingerprint density at radius 1 is 1.17 bits per heavy atom. The average Bonchev–Trinajstić information content (AvgIpc) is 3.19. The number of nitrogens with two attached hydrogens (primary N) is 1. The van der Waals surface area contributed by atoms with Crippen molar-refractivity contribution in [3.63, 3.8) is 0 Å². The van der Waals surface area contributed by atoms with Crippen molar-refractivity contribution in [2.24, 2.45) is 11.7 Å². The number of fused-ring (bicyclic) bond motifs is 1. The lowest BCUT2D eigenvalue weighted by molar-refractivity contribution is -0.139. The van der Waals surface area contributed by atoms with Gasteiger partial charge in [-0.3, -0.25) is 9.59 Å². The van der Waals surface area contributed by atoms with Crippen molar-refractivity contribution in [2.75, 3.05) is 6.61 Å². The molecular weight excluding hydrogens is 458 g/mol. The largest absolute Gasteiger partial charge is 0.479 e. The van der Waals surface area contributed by atoms with Gasteiger partial charge >= 0.3 is 5.97 Å². The number of benzene rings is 1. The fraction of sp³-hybridized carbons (Fsp3) is 0.286. The molecule has 8 nitrogen and oxygen atoms in total. The molecule has 1 aliphatic carbocycles. The van der Waals surface area contributed by atoms with Crippen LogP contribution >= 0.6 is 0 Å². The normalized spacial score (nSPS) is 14.8. The lowest BCUT2D eigenvalue weighted by Crippen LogP contribution is -2.24. The van der Waals surface area contributed by atoms with Crippen LogP contribution in [0.3, 0.4) is 0 Å². The molecule has 8 heteroatoms. The van der Waals surface area contributed by atoms with Crippen LogP contribution in [0.5, 0.6) is 5.88 Å². The highest BCUT2D eigenvalue weighted by molar-refractivity contribution is 6.44. The van der Waals surface area contributed by atoms with Crippen LogP contribution in [0.15, 0.2) is 60.8 Å². The predicted molar refractivity (Wildman–Crippen MR) is 136 cm³/mol. The number of ketones is 1. The molecule has 2 heterocycles. The molecule has 1 unspecified atom stereocenters. The number of hydrogen-bond donors (Lipinski definition) is 2. The predicted octanol–water partition coefficient (Wildman–Crippen LogP) is 4.15. The van der Waals surface area contributed by atoms with Gasteiger partial charge in [0.05, 0.1) is 11.3 Å². The molecule has 1 aliphatic rings. The summed E-state index contributed by atoms with van der Waals surface area (Å²) in [6, 6.07) is 9.42. The number of hydrogen-bond acceptors (Lipinski definition) is 5. The highest BCUT2D eigenvalue weighted by Gasteiger charge is 2.30. The van der Waals surface area contributed by atoms with E-state index in [-0.39, 0.29) is 17.0 Å². The standard InChI is InChI=1S/C28H29N3O5/c1-2-9-20-22(15-14-18-10-5-3-6-11-18)31-16-21(19-12-7-4-8-13-19)30-28(36-17-23(32)33)25(31)24(20)26(34)27(29)35/h3-8,10,12-13,16,18H,2,9,11,14-15,17H2,1H3,(H2,29,35)(H,32,33). The summed E-state index contributed by atoms with van der Waals surface area (Å²) >= 11 is 0. The number of carboxylic acids is 1. The monoisotopic (exact) mass is 487 g/mol. The van der Waals surface area contributed by atoms with Gasteiger partial charge in [-0.05, 0) is 37.2 Å². The minimum atomic E-state index is -1.18. The van der Waals surface area contributed by atoms with Crippen LogP contribution in [-0.4, -0.2) is 38.8 Å². The Kier molecular flexibility index (Phi) is 7.63. The first-order valence-corrected chi connectivity index (χ1v) is 12.0. The van der Waals surface area contributed by atoms with E-state index in [0.29, 0.717) is 24.5 Å². The smallest absolute Gasteiger partial charge is 0.341 e. The Morgan fingerprint density at radius 3 is 2.58 bits per heavy atom. The first kappa shape index (κ1) is 24.9. The molecule has 0 saturated carbocycles. The first-order valence-electron chi connectivity index (χ1n) is 12.0. The third kappa shape index (κ3) is 5.22. The average molecular weight is 488 g/mol. The number of primary amides is 1. The van der Waals surface area contributed by atoms with E-state index in [0.717, 1.165) is 36.1 Å². The SMILES string of the molecule is CCCc1c(C(=O)C(N)=O)c2c(OCC(=O)O)nc(-c3ccccc3)cn2c1CCC1C=CC=CC1. The van der Waals surface area contributed by atoms with Crippen molar-refractivity contribution in [3.8, 4) is 17.1 Å². The zero-order chi connectivity index (χ0) is 25.7. The quantitative estimate of drug-likeness (QED) is 0.309. The summed E-state index contributed by atoms with van der Waals surface area (Å²) in [5.74, 6) is -2.77. The molecule has 1 amide bonds. The number of nitrogens with zero attached hydrogens (tertiary/aromatic N) is 2. The number of carbonyl (C=O) groups is 3. The maximum atomic E-state index is 13.1. The molecule has 2 aromatic heterocycles. The number of carbonyl (C=O) groups excluding carboxylic acids is 2. The van der Waals surface area contributed by atoms with Crippen LogP contribution in [0, 0.1) is 5.92 Å². The second-order valence-electron chi connectivity index (χ2n) is 8.79. The van der Waals surface area contributed by atoms with E-state index in [4.69, 9.17) is 10.5 Å². The van der Waals surface area contributed by atoms with Crippen molar-refractivity contribution in [2.45, 2.75) is 39.0 Å². The molecule has 3 aromatic rings. The van der Waals surface area contributed by atoms with Gasteiger partial charge in [-0.2, -0.15) is 0 Å². The number of amides is 1. The highest BCUT2D eigenvalue weighted by atomic mass is 16.5. The summed E-state index contributed by atoms with van der Waals surface area (Å²) < 4.78 is 7.44. The van der Waals surface area contributed by atoms with Crippen molar-refractivity contribution < 1.29 is 24.2 Å². The lowest BCUT2D eigenvalue weighted by atomic mass is 9.92. The summed E-state index contributed by atoms with van der Waals surface area (Å²) in [6.07, 6.45) is 13.9. The molecule has 0 spiro atoms. The summed E-state index contributed by atoms with van der Waals surface area (Å²) in [5, 5.41) is 9.26. The fourth-order valence-corrected chi connectivity index (χ4v) is 4.66. The molecule has 4 rings (SSSR count). The van der Waals surface area contributed by atoms with Gasteiger partial charge in [-0.15, -0.1) is 0 Å². The van der Waals surface area contributed by atoms with E-state index >= 15 is 0 Å². The van der Waals surface area contributed by atoms with Crippen LogP contribution < -0.4 is 10.5 Å². The van der Waals surface area contributed by atoms with Gasteiger partial charge in [0.15, 0.2) is 6.61 Å². The molecule has 36 heavy (non-hydrogen) atoms. The fourth-order valence-electron chi connectivity index (χ4n) is 4.66. The zero-order valence-electron chi connectivity index (χ0n) is 20.1. The lowest BCUT2D eigenvalue weighted by Gasteiger charge is -2.15. The maximum Gasteiger partial charge on any atom is 0.341 e. The van der Waals surface area contributed by atoms with E-state index in [9.17, 15) is 19.5 Å². The number of aliphatic carboxylic acids is 1. The molecule has 0 bridgehead atoms. The zero-order valence-corrected chi connectivity index (χ0v) is 20.1. The van der Waals surface area contributed by atoms with Crippen LogP contribution in [0.2, 0.25) is 0 Å². The molecule has 0 saturated heterocycles. The van der Waals surface area contributed by atoms with Gasteiger partial charge < -0.3 is 20.0 Å². The van der Waals surface area contributed by atoms with E-state index < -0.39 is 24.3 Å². The van der Waals surface area contributed by atoms with Crippen LogP contribution in [0.25, 0.3) is 16.8 Å². The third-order valence-electron chi connectivity index (χ3n) is 6.27. The number of aromatic nitrogens is 2. The van der Waals surface area contributed by atoms with Crippen LogP contribution in [0.4, 0.5) is 0 Å². The van der Waals surface area contributed by atoms with Gasteiger partial charge in [0.25, 0.3) is 11.7 Å². The second kappa shape index (κ2) is 11.0. The molecular formula is C28H29N3O5. The van der Waals surface area contributed by atoms with Crippen molar-refractivity contribution in [1.82, 2.24) is 9.38 Å². The van der Waals surface area contributed by atoms with Crippen LogP contribution in [0.1, 0.15) is 47.8 Å². The Hall–Kier alpha value is -4.20. The number of ether oxygens (including phenoxy) is 1. The molecule has 0 aliphatic heterocycles. The number of carboxylic acid groups (broad SMARTS) is 1. The van der Waals surface area contributed by atoms with Gasteiger partial charge in [0, 0.05) is 17.5 Å². The first-order chi connectivity index (χ1) is 17.4. The van der Waals surface area contributed by atoms with E-state index in [1.54, 1.807) is 0 Å². The van der Waals surface area contributed by atoms with Crippen LogP contribution in [-0.2, 0) is 22.4 Å². The topological polar surface area (TPSA) is 124 Å². The summed E-state index contributed by atoms with van der Waals surface area (Å²) in [7, 11) is 0. The Labute approximate surface area is 209 Å². The summed E-state index contributed by atoms with van der Waals surface area (Å²) in [5.41, 5.74) is 8.83. The second-order valence-corrected chi connectivity index (χ2v) is 8.79. The minimum absolute atomic E-state index is 0.0209. The molecule has 0 fully saturated rings. The van der Waals surface area contributed by atoms with Crippen molar-refractivity contribution >= 4 is 23.2 Å².